The number of aromatic nitrogens is 1. The van der Waals surface area contributed by atoms with Crippen LogP contribution in [0.5, 0.6) is 0 Å². The second kappa shape index (κ2) is 5.06. The van der Waals surface area contributed by atoms with Crippen LogP contribution in [0.1, 0.15) is 33.3 Å². The summed E-state index contributed by atoms with van der Waals surface area (Å²) in [6, 6.07) is 3.81. The normalized spacial score (nSPS) is 12.3. The minimum absolute atomic E-state index is 0.0480. The second-order valence-corrected chi connectivity index (χ2v) is 5.86. The van der Waals surface area contributed by atoms with Gasteiger partial charge in [-0.2, -0.15) is 0 Å². The fourth-order valence-electron chi connectivity index (χ4n) is 1.59. The zero-order valence-corrected chi connectivity index (χ0v) is 11.9. The molecule has 2 N–H and O–H groups in total. The SMILES string of the molecule is CN(Cc1ccncc1)C(=O)C(C)(C)C(C)(C)N. The third kappa shape index (κ3) is 3.07. The summed E-state index contributed by atoms with van der Waals surface area (Å²) >= 11 is 0. The summed E-state index contributed by atoms with van der Waals surface area (Å²) in [5.41, 5.74) is 5.99. The first-order valence-corrected chi connectivity index (χ1v) is 6.09. The zero-order chi connectivity index (χ0) is 14.0. The average molecular weight is 249 g/mol. The molecule has 0 bridgehead atoms. The summed E-state index contributed by atoms with van der Waals surface area (Å²) in [5.74, 6) is 0.0480. The van der Waals surface area contributed by atoms with Gasteiger partial charge < -0.3 is 10.6 Å². The first-order chi connectivity index (χ1) is 8.16. The molecule has 18 heavy (non-hydrogen) atoms. The number of nitrogens with zero attached hydrogens (tertiary/aromatic N) is 2. The number of carbonyl (C=O) groups excluding carboxylic acids is 1. The molecule has 0 atom stereocenters. The highest BCUT2D eigenvalue weighted by molar-refractivity contribution is 5.83. The Morgan fingerprint density at radius 2 is 1.78 bits per heavy atom. The maximum Gasteiger partial charge on any atom is 0.230 e. The van der Waals surface area contributed by atoms with E-state index in [9.17, 15) is 4.79 Å². The van der Waals surface area contributed by atoms with Crippen molar-refractivity contribution in [1.82, 2.24) is 9.88 Å². The minimum Gasteiger partial charge on any atom is -0.341 e. The lowest BCUT2D eigenvalue weighted by Gasteiger charge is -2.39. The summed E-state index contributed by atoms with van der Waals surface area (Å²) in [4.78, 5) is 18.1. The van der Waals surface area contributed by atoms with Gasteiger partial charge in [0.2, 0.25) is 5.91 Å². The van der Waals surface area contributed by atoms with E-state index in [1.807, 2.05) is 39.8 Å². The number of hydrogen-bond acceptors (Lipinski definition) is 3. The molecular formula is C14H23N3O. The van der Waals surface area contributed by atoms with E-state index >= 15 is 0 Å². The monoisotopic (exact) mass is 249 g/mol. The van der Waals surface area contributed by atoms with Crippen molar-refractivity contribution in [1.29, 1.82) is 0 Å². The number of rotatable bonds is 4. The van der Waals surface area contributed by atoms with E-state index in [0.717, 1.165) is 5.56 Å². The summed E-state index contributed by atoms with van der Waals surface area (Å²) in [6.07, 6.45) is 3.46. The van der Waals surface area contributed by atoms with Crippen molar-refractivity contribution in [3.63, 3.8) is 0 Å². The van der Waals surface area contributed by atoms with Crippen LogP contribution in [-0.4, -0.2) is 28.4 Å². The van der Waals surface area contributed by atoms with Crippen molar-refractivity contribution in [3.05, 3.63) is 30.1 Å². The number of amides is 1. The summed E-state index contributed by atoms with van der Waals surface area (Å²) in [7, 11) is 1.80. The molecule has 1 rings (SSSR count). The lowest BCUT2D eigenvalue weighted by molar-refractivity contribution is -0.142. The van der Waals surface area contributed by atoms with E-state index in [4.69, 9.17) is 5.73 Å². The maximum absolute atomic E-state index is 12.4. The molecule has 0 fully saturated rings. The minimum atomic E-state index is -0.602. The van der Waals surface area contributed by atoms with Crippen LogP contribution >= 0.6 is 0 Å². The van der Waals surface area contributed by atoms with E-state index in [1.165, 1.54) is 0 Å². The molecule has 0 aliphatic heterocycles. The van der Waals surface area contributed by atoms with Gasteiger partial charge >= 0.3 is 0 Å². The molecule has 0 spiro atoms. The topological polar surface area (TPSA) is 59.2 Å². The number of nitrogens with two attached hydrogens (primary N) is 1. The molecule has 1 aromatic heterocycles. The smallest absolute Gasteiger partial charge is 0.230 e. The Labute approximate surface area is 109 Å². The highest BCUT2D eigenvalue weighted by Crippen LogP contribution is 2.30. The standard InChI is InChI=1S/C14H23N3O/c1-13(2,14(3,4)15)12(18)17(5)10-11-6-8-16-9-7-11/h6-9H,10,15H2,1-5H3. The molecule has 0 saturated carbocycles. The molecule has 0 unspecified atom stereocenters. The fraction of sp³-hybridized carbons (Fsp3) is 0.571. The molecule has 4 nitrogen and oxygen atoms in total. The molecule has 0 aromatic carbocycles. The largest absolute Gasteiger partial charge is 0.341 e. The van der Waals surface area contributed by atoms with Crippen LogP contribution in [0.15, 0.2) is 24.5 Å². The lowest BCUT2D eigenvalue weighted by Crippen LogP contribution is -2.55. The van der Waals surface area contributed by atoms with Crippen LogP contribution in [0.2, 0.25) is 0 Å². The Hall–Kier alpha value is -1.42. The fourth-order valence-corrected chi connectivity index (χ4v) is 1.59. The highest BCUT2D eigenvalue weighted by atomic mass is 16.2. The van der Waals surface area contributed by atoms with E-state index in [-0.39, 0.29) is 5.91 Å². The first-order valence-electron chi connectivity index (χ1n) is 6.09. The summed E-state index contributed by atoms with van der Waals surface area (Å²) < 4.78 is 0. The third-order valence-corrected chi connectivity index (χ3v) is 3.66. The number of carbonyl (C=O) groups is 1. The molecule has 0 saturated heterocycles. The van der Waals surface area contributed by atoms with Crippen molar-refractivity contribution < 1.29 is 4.79 Å². The molecule has 1 heterocycles. The van der Waals surface area contributed by atoms with Crippen LogP contribution in [-0.2, 0) is 11.3 Å². The van der Waals surface area contributed by atoms with Gasteiger partial charge in [-0.15, -0.1) is 0 Å². The molecule has 0 aliphatic rings. The Morgan fingerprint density at radius 3 is 2.22 bits per heavy atom. The Morgan fingerprint density at radius 1 is 1.28 bits per heavy atom. The Balaban J connectivity index is 2.80. The van der Waals surface area contributed by atoms with E-state index in [1.54, 1.807) is 24.3 Å². The first kappa shape index (κ1) is 14.6. The van der Waals surface area contributed by atoms with Crippen molar-refractivity contribution in [2.75, 3.05) is 7.05 Å². The summed E-state index contributed by atoms with van der Waals surface area (Å²) in [5, 5.41) is 0. The molecular weight excluding hydrogens is 226 g/mol. The molecule has 0 aliphatic carbocycles. The van der Waals surface area contributed by atoms with Crippen LogP contribution in [0.25, 0.3) is 0 Å². The van der Waals surface area contributed by atoms with Crippen molar-refractivity contribution in [3.8, 4) is 0 Å². The van der Waals surface area contributed by atoms with Gasteiger partial charge in [-0.05, 0) is 45.4 Å². The Bertz CT molecular complexity index is 407. The number of pyridine rings is 1. The van der Waals surface area contributed by atoms with Crippen LogP contribution < -0.4 is 5.73 Å². The van der Waals surface area contributed by atoms with E-state index in [2.05, 4.69) is 4.98 Å². The highest BCUT2D eigenvalue weighted by Gasteiger charge is 2.41. The van der Waals surface area contributed by atoms with Gasteiger partial charge in [0.25, 0.3) is 0 Å². The molecule has 4 heteroatoms. The second-order valence-electron chi connectivity index (χ2n) is 5.86. The predicted molar refractivity (Wildman–Crippen MR) is 72.8 cm³/mol. The van der Waals surface area contributed by atoms with Crippen LogP contribution in [0, 0.1) is 5.41 Å². The van der Waals surface area contributed by atoms with Gasteiger partial charge in [0.05, 0.1) is 5.41 Å². The van der Waals surface area contributed by atoms with Gasteiger partial charge in [-0.3, -0.25) is 9.78 Å². The number of hydrogen-bond donors (Lipinski definition) is 1. The van der Waals surface area contributed by atoms with Crippen molar-refractivity contribution >= 4 is 5.91 Å². The van der Waals surface area contributed by atoms with Crippen molar-refractivity contribution in [2.45, 2.75) is 39.8 Å². The molecule has 1 amide bonds. The van der Waals surface area contributed by atoms with E-state index < -0.39 is 11.0 Å². The Kier molecular flexibility index (Phi) is 4.12. The van der Waals surface area contributed by atoms with Gasteiger partial charge in [0, 0.05) is 31.5 Å². The molecule has 100 valence electrons. The van der Waals surface area contributed by atoms with E-state index in [0.29, 0.717) is 6.54 Å². The van der Waals surface area contributed by atoms with Gasteiger partial charge in [0.1, 0.15) is 0 Å². The van der Waals surface area contributed by atoms with Crippen LogP contribution in [0.4, 0.5) is 0 Å². The predicted octanol–water partition coefficient (Wildman–Crippen LogP) is 1.80. The molecule has 0 radical (unpaired) electrons. The average Bonchev–Trinajstić information content (AvgIpc) is 2.27. The van der Waals surface area contributed by atoms with Gasteiger partial charge in [-0.1, -0.05) is 0 Å². The summed E-state index contributed by atoms with van der Waals surface area (Å²) in [6.45, 7) is 8.11. The lowest BCUT2D eigenvalue weighted by atomic mass is 9.74. The van der Waals surface area contributed by atoms with Crippen LogP contribution in [0.3, 0.4) is 0 Å². The maximum atomic E-state index is 12.4. The van der Waals surface area contributed by atoms with Gasteiger partial charge in [-0.25, -0.2) is 0 Å². The quantitative estimate of drug-likeness (QED) is 0.885. The van der Waals surface area contributed by atoms with Gasteiger partial charge in [0.15, 0.2) is 0 Å². The molecule has 1 aromatic rings. The van der Waals surface area contributed by atoms with Crippen molar-refractivity contribution in [2.24, 2.45) is 11.1 Å². The third-order valence-electron chi connectivity index (χ3n) is 3.66. The zero-order valence-electron chi connectivity index (χ0n) is 11.9.